The zero-order valence-electron chi connectivity index (χ0n) is 10.0. The van der Waals surface area contributed by atoms with Gasteiger partial charge in [-0.25, -0.2) is 13.8 Å². The number of hydrogen-bond acceptors (Lipinski definition) is 3. The third-order valence-corrected chi connectivity index (χ3v) is 3.45. The molecule has 0 aliphatic rings. The molecule has 1 N–H and O–H groups in total. The predicted octanol–water partition coefficient (Wildman–Crippen LogP) is 3.59. The van der Waals surface area contributed by atoms with Gasteiger partial charge >= 0.3 is 0 Å². The summed E-state index contributed by atoms with van der Waals surface area (Å²) in [5, 5.41) is 4.16. The highest BCUT2D eigenvalue weighted by atomic mass is 32.1. The maximum Gasteiger partial charge on any atom is 0.126 e. The number of nitrogens with zero attached hydrogens (tertiary/aromatic N) is 1. The molecule has 0 fully saturated rings. The van der Waals surface area contributed by atoms with E-state index in [1.54, 1.807) is 6.20 Å². The zero-order chi connectivity index (χ0) is 13.0. The van der Waals surface area contributed by atoms with E-state index in [0.29, 0.717) is 12.1 Å². The van der Waals surface area contributed by atoms with Crippen LogP contribution in [0.4, 0.5) is 8.78 Å². The summed E-state index contributed by atoms with van der Waals surface area (Å²) in [7, 11) is 0. The van der Waals surface area contributed by atoms with Gasteiger partial charge in [-0.05, 0) is 30.7 Å². The molecule has 0 radical (unpaired) electrons. The van der Waals surface area contributed by atoms with Crippen LogP contribution < -0.4 is 5.32 Å². The first kappa shape index (κ1) is 13.1. The lowest BCUT2D eigenvalue weighted by molar-refractivity contribution is 0.584. The summed E-state index contributed by atoms with van der Waals surface area (Å²) >= 11 is 1.45. The number of thiazole rings is 1. The van der Waals surface area contributed by atoms with E-state index >= 15 is 0 Å². The van der Waals surface area contributed by atoms with Gasteiger partial charge in [0.25, 0.3) is 0 Å². The van der Waals surface area contributed by atoms with Crippen LogP contribution in [0.2, 0.25) is 0 Å². The average Bonchev–Trinajstić information content (AvgIpc) is 2.77. The van der Waals surface area contributed by atoms with E-state index in [2.05, 4.69) is 17.2 Å². The van der Waals surface area contributed by atoms with Gasteiger partial charge in [-0.2, -0.15) is 0 Å². The number of hydrogen-bond donors (Lipinski definition) is 1. The van der Waals surface area contributed by atoms with Crippen LogP contribution in [0, 0.1) is 11.6 Å². The summed E-state index contributed by atoms with van der Waals surface area (Å²) in [6, 6.07) is 3.51. The quantitative estimate of drug-likeness (QED) is 0.838. The van der Waals surface area contributed by atoms with Crippen molar-refractivity contribution >= 4 is 11.3 Å². The molecule has 1 heterocycles. The summed E-state index contributed by atoms with van der Waals surface area (Å²) in [5.41, 5.74) is 0.534. The lowest BCUT2D eigenvalue weighted by atomic mass is 10.2. The van der Waals surface area contributed by atoms with E-state index < -0.39 is 11.6 Å². The summed E-state index contributed by atoms with van der Waals surface area (Å²) in [5.74, 6) is -1.13. The topological polar surface area (TPSA) is 24.9 Å². The van der Waals surface area contributed by atoms with Crippen LogP contribution in [0.1, 0.15) is 18.4 Å². The molecule has 2 nitrogen and oxygen atoms in total. The Bertz CT molecular complexity index is 505. The Morgan fingerprint density at radius 1 is 1.22 bits per heavy atom. The number of aromatic nitrogens is 1. The largest absolute Gasteiger partial charge is 0.310 e. The molecule has 0 spiro atoms. The van der Waals surface area contributed by atoms with Crippen molar-refractivity contribution in [3.8, 4) is 10.4 Å². The van der Waals surface area contributed by atoms with Crippen molar-refractivity contribution in [1.82, 2.24) is 10.3 Å². The van der Waals surface area contributed by atoms with Gasteiger partial charge in [-0.1, -0.05) is 6.92 Å². The summed E-state index contributed by atoms with van der Waals surface area (Å²) in [6.45, 7) is 3.72. The van der Waals surface area contributed by atoms with Crippen LogP contribution in [0.3, 0.4) is 0 Å². The zero-order valence-corrected chi connectivity index (χ0v) is 10.9. The molecule has 0 aliphatic heterocycles. The predicted molar refractivity (Wildman–Crippen MR) is 69.5 cm³/mol. The third kappa shape index (κ3) is 3.34. The van der Waals surface area contributed by atoms with Gasteiger partial charge in [0.2, 0.25) is 0 Å². The summed E-state index contributed by atoms with van der Waals surface area (Å²) in [6.07, 6.45) is 2.72. The van der Waals surface area contributed by atoms with Crippen molar-refractivity contribution in [3.63, 3.8) is 0 Å². The van der Waals surface area contributed by atoms with E-state index in [1.807, 2.05) is 0 Å². The maximum absolute atomic E-state index is 13.1. The first-order chi connectivity index (χ1) is 8.69. The Balaban J connectivity index is 2.13. The van der Waals surface area contributed by atoms with Gasteiger partial charge in [-0.15, -0.1) is 11.3 Å². The van der Waals surface area contributed by atoms with Crippen LogP contribution in [0.15, 0.2) is 24.4 Å². The standard InChI is InChI=1S/C13H14F2N2S/c1-2-3-16-8-13-17-7-12(18-13)9-4-10(14)6-11(15)5-9/h4-7,16H,2-3,8H2,1H3. The molecule has 1 aromatic heterocycles. The fraction of sp³-hybridized carbons (Fsp3) is 0.308. The number of benzene rings is 1. The van der Waals surface area contributed by atoms with Crippen molar-refractivity contribution in [1.29, 1.82) is 0 Å². The van der Waals surface area contributed by atoms with Crippen LogP contribution in [-0.2, 0) is 6.54 Å². The van der Waals surface area contributed by atoms with Crippen LogP contribution >= 0.6 is 11.3 Å². The smallest absolute Gasteiger partial charge is 0.126 e. The highest BCUT2D eigenvalue weighted by molar-refractivity contribution is 7.15. The molecule has 18 heavy (non-hydrogen) atoms. The van der Waals surface area contributed by atoms with Gasteiger partial charge in [-0.3, -0.25) is 0 Å². The number of rotatable bonds is 5. The van der Waals surface area contributed by atoms with Gasteiger partial charge in [0, 0.05) is 18.8 Å². The fourth-order valence-electron chi connectivity index (χ4n) is 1.59. The van der Waals surface area contributed by atoms with Crippen molar-refractivity contribution in [2.75, 3.05) is 6.54 Å². The molecule has 2 aromatic rings. The minimum Gasteiger partial charge on any atom is -0.310 e. The maximum atomic E-state index is 13.1. The molecule has 5 heteroatoms. The molecule has 0 amide bonds. The normalized spacial score (nSPS) is 10.8. The molecule has 0 saturated heterocycles. The van der Waals surface area contributed by atoms with Gasteiger partial charge in [0.1, 0.15) is 16.6 Å². The monoisotopic (exact) mass is 268 g/mol. The molecule has 0 bridgehead atoms. The van der Waals surface area contributed by atoms with Crippen molar-refractivity contribution in [2.45, 2.75) is 19.9 Å². The Hall–Kier alpha value is -1.33. The molecular formula is C13H14F2N2S. The minimum atomic E-state index is -0.566. The first-order valence-corrected chi connectivity index (χ1v) is 6.62. The second-order valence-electron chi connectivity index (χ2n) is 3.95. The van der Waals surface area contributed by atoms with E-state index in [0.717, 1.165) is 28.9 Å². The van der Waals surface area contributed by atoms with Gasteiger partial charge in [0.05, 0.1) is 4.88 Å². The Kier molecular flexibility index (Phi) is 4.38. The number of nitrogens with one attached hydrogen (secondary N) is 1. The van der Waals surface area contributed by atoms with Crippen molar-refractivity contribution in [3.05, 3.63) is 41.0 Å². The van der Waals surface area contributed by atoms with Crippen LogP contribution in [0.25, 0.3) is 10.4 Å². The third-order valence-electron chi connectivity index (χ3n) is 2.40. The van der Waals surface area contributed by atoms with E-state index in [-0.39, 0.29) is 0 Å². The molecular weight excluding hydrogens is 254 g/mol. The minimum absolute atomic E-state index is 0.534. The van der Waals surface area contributed by atoms with Crippen LogP contribution in [0.5, 0.6) is 0 Å². The highest BCUT2D eigenvalue weighted by Crippen LogP contribution is 2.27. The SMILES string of the molecule is CCCNCc1ncc(-c2cc(F)cc(F)c2)s1. The summed E-state index contributed by atoms with van der Waals surface area (Å²) in [4.78, 5) is 5.01. The van der Waals surface area contributed by atoms with E-state index in [1.165, 1.54) is 23.5 Å². The van der Waals surface area contributed by atoms with Gasteiger partial charge in [0.15, 0.2) is 0 Å². The molecule has 0 saturated carbocycles. The van der Waals surface area contributed by atoms with Crippen molar-refractivity contribution in [2.24, 2.45) is 0 Å². The highest BCUT2D eigenvalue weighted by Gasteiger charge is 2.07. The second-order valence-corrected chi connectivity index (χ2v) is 5.07. The summed E-state index contributed by atoms with van der Waals surface area (Å²) < 4.78 is 26.2. The Labute approximate surface area is 109 Å². The van der Waals surface area contributed by atoms with Gasteiger partial charge < -0.3 is 5.32 Å². The lowest BCUT2D eigenvalue weighted by Crippen LogP contribution is -2.13. The fourth-order valence-corrected chi connectivity index (χ4v) is 2.47. The molecule has 0 unspecified atom stereocenters. The van der Waals surface area contributed by atoms with E-state index in [9.17, 15) is 8.78 Å². The molecule has 1 aromatic carbocycles. The molecule has 0 aliphatic carbocycles. The molecule has 96 valence electrons. The second kappa shape index (κ2) is 6.02. The average molecular weight is 268 g/mol. The molecule has 2 rings (SSSR count). The lowest BCUT2D eigenvalue weighted by Gasteiger charge is -1.99. The molecule has 0 atom stereocenters. The Morgan fingerprint density at radius 3 is 2.61 bits per heavy atom. The Morgan fingerprint density at radius 2 is 1.94 bits per heavy atom. The van der Waals surface area contributed by atoms with E-state index in [4.69, 9.17) is 0 Å². The number of halogens is 2. The van der Waals surface area contributed by atoms with Crippen LogP contribution in [-0.4, -0.2) is 11.5 Å². The van der Waals surface area contributed by atoms with Crippen molar-refractivity contribution < 1.29 is 8.78 Å². The first-order valence-electron chi connectivity index (χ1n) is 5.81.